The summed E-state index contributed by atoms with van der Waals surface area (Å²) in [5, 5.41) is 3.35. The standard InChI is InChI=1S/C23H31N3O3/c1-5-28-23(21(27)29-22(2,3)4,26-15-13-24-14-16-26)20-11-7-6-10-19(20)18-9-8-12-25-17-18/h6-12,17,24H,5,13-16H2,1-4H3. The molecule has 1 aliphatic heterocycles. The minimum Gasteiger partial charge on any atom is -0.457 e. The maximum Gasteiger partial charge on any atom is 0.359 e. The third-order valence-corrected chi connectivity index (χ3v) is 4.86. The summed E-state index contributed by atoms with van der Waals surface area (Å²) in [6.07, 6.45) is 3.55. The van der Waals surface area contributed by atoms with Crippen LogP contribution in [0.4, 0.5) is 0 Å². The monoisotopic (exact) mass is 397 g/mol. The Morgan fingerprint density at radius 2 is 1.86 bits per heavy atom. The van der Waals surface area contributed by atoms with E-state index in [2.05, 4.69) is 15.2 Å². The lowest BCUT2D eigenvalue weighted by atomic mass is 9.91. The van der Waals surface area contributed by atoms with Crippen LogP contribution in [0.25, 0.3) is 11.1 Å². The number of esters is 1. The number of pyridine rings is 1. The minimum absolute atomic E-state index is 0.380. The number of carbonyl (C=O) groups excluding carboxylic acids is 1. The van der Waals surface area contributed by atoms with Crippen molar-refractivity contribution in [1.82, 2.24) is 15.2 Å². The Morgan fingerprint density at radius 1 is 1.14 bits per heavy atom. The number of nitrogens with one attached hydrogen (secondary N) is 1. The number of rotatable bonds is 6. The van der Waals surface area contributed by atoms with E-state index in [1.54, 1.807) is 6.20 Å². The number of benzene rings is 1. The summed E-state index contributed by atoms with van der Waals surface area (Å²) < 4.78 is 12.2. The summed E-state index contributed by atoms with van der Waals surface area (Å²) in [6, 6.07) is 11.8. The second kappa shape index (κ2) is 9.03. The smallest absolute Gasteiger partial charge is 0.359 e. The maximum atomic E-state index is 13.7. The summed E-state index contributed by atoms with van der Waals surface area (Å²) in [5.41, 5.74) is 0.683. The molecule has 0 aliphatic carbocycles. The third-order valence-electron chi connectivity index (χ3n) is 4.86. The number of hydrogen-bond acceptors (Lipinski definition) is 6. The quantitative estimate of drug-likeness (QED) is 0.756. The number of ether oxygens (including phenoxy) is 2. The van der Waals surface area contributed by atoms with Crippen molar-refractivity contribution in [1.29, 1.82) is 0 Å². The summed E-state index contributed by atoms with van der Waals surface area (Å²) in [5.74, 6) is -0.384. The van der Waals surface area contributed by atoms with E-state index >= 15 is 0 Å². The number of hydrogen-bond donors (Lipinski definition) is 1. The summed E-state index contributed by atoms with van der Waals surface area (Å²) >= 11 is 0. The van der Waals surface area contributed by atoms with Crippen LogP contribution in [0, 0.1) is 0 Å². The lowest BCUT2D eigenvalue weighted by Gasteiger charge is -2.45. The fourth-order valence-electron chi connectivity index (χ4n) is 3.73. The third kappa shape index (κ3) is 4.66. The Balaban J connectivity index is 2.21. The average molecular weight is 398 g/mol. The fourth-order valence-corrected chi connectivity index (χ4v) is 3.73. The Bertz CT molecular complexity index is 814. The van der Waals surface area contributed by atoms with Crippen molar-refractivity contribution in [2.24, 2.45) is 0 Å². The van der Waals surface area contributed by atoms with E-state index in [1.807, 2.05) is 70.3 Å². The first kappa shape index (κ1) is 21.4. The molecule has 0 amide bonds. The molecule has 0 saturated carbocycles. The average Bonchev–Trinajstić information content (AvgIpc) is 2.72. The van der Waals surface area contributed by atoms with Gasteiger partial charge in [-0.15, -0.1) is 0 Å². The number of nitrogens with zero attached hydrogens (tertiary/aromatic N) is 2. The van der Waals surface area contributed by atoms with E-state index in [0.717, 1.165) is 29.8 Å². The summed E-state index contributed by atoms with van der Waals surface area (Å²) in [7, 11) is 0. The van der Waals surface area contributed by atoms with Crippen LogP contribution in [0.5, 0.6) is 0 Å². The van der Waals surface area contributed by atoms with E-state index in [-0.39, 0.29) is 5.97 Å². The Hall–Kier alpha value is -2.28. The van der Waals surface area contributed by atoms with Crippen LogP contribution in [0.3, 0.4) is 0 Å². The predicted octanol–water partition coefficient (Wildman–Crippen LogP) is 3.18. The van der Waals surface area contributed by atoms with Crippen molar-refractivity contribution in [3.8, 4) is 11.1 Å². The van der Waals surface area contributed by atoms with E-state index in [1.165, 1.54) is 0 Å². The van der Waals surface area contributed by atoms with Crippen molar-refractivity contribution in [3.05, 3.63) is 54.4 Å². The highest BCUT2D eigenvalue weighted by atomic mass is 16.6. The van der Waals surface area contributed by atoms with Gasteiger partial charge in [-0.1, -0.05) is 30.3 Å². The molecule has 1 aliphatic rings. The topological polar surface area (TPSA) is 63.7 Å². The van der Waals surface area contributed by atoms with Crippen molar-refractivity contribution in [2.45, 2.75) is 39.0 Å². The van der Waals surface area contributed by atoms with Crippen LogP contribution in [0.1, 0.15) is 33.3 Å². The van der Waals surface area contributed by atoms with Gasteiger partial charge < -0.3 is 14.8 Å². The Labute approximate surface area is 173 Å². The van der Waals surface area contributed by atoms with Gasteiger partial charge in [0, 0.05) is 56.3 Å². The van der Waals surface area contributed by atoms with E-state index in [4.69, 9.17) is 9.47 Å². The van der Waals surface area contributed by atoms with Gasteiger partial charge in [0.1, 0.15) is 5.60 Å². The molecule has 156 valence electrons. The normalized spacial score (nSPS) is 17.5. The van der Waals surface area contributed by atoms with E-state index in [0.29, 0.717) is 19.7 Å². The lowest BCUT2D eigenvalue weighted by Crippen LogP contribution is -2.61. The Morgan fingerprint density at radius 3 is 2.48 bits per heavy atom. The molecule has 1 atom stereocenters. The highest BCUT2D eigenvalue weighted by Gasteiger charge is 2.51. The molecule has 1 aromatic heterocycles. The fraction of sp³-hybridized carbons (Fsp3) is 0.478. The molecular weight excluding hydrogens is 366 g/mol. The van der Waals surface area contributed by atoms with Gasteiger partial charge in [0.25, 0.3) is 0 Å². The molecule has 0 spiro atoms. The first-order valence-electron chi connectivity index (χ1n) is 10.2. The zero-order valence-corrected chi connectivity index (χ0v) is 17.8. The second-order valence-corrected chi connectivity index (χ2v) is 8.10. The van der Waals surface area contributed by atoms with E-state index in [9.17, 15) is 4.79 Å². The molecule has 0 radical (unpaired) electrons. The van der Waals surface area contributed by atoms with Crippen LogP contribution >= 0.6 is 0 Å². The molecule has 1 unspecified atom stereocenters. The molecule has 6 heteroatoms. The van der Waals surface area contributed by atoms with Crippen LogP contribution in [0.2, 0.25) is 0 Å². The number of piperazine rings is 1. The first-order valence-corrected chi connectivity index (χ1v) is 10.2. The van der Waals surface area contributed by atoms with Crippen molar-refractivity contribution < 1.29 is 14.3 Å². The molecular formula is C23H31N3O3. The van der Waals surface area contributed by atoms with Crippen LogP contribution < -0.4 is 5.32 Å². The minimum atomic E-state index is -1.32. The molecule has 3 rings (SSSR count). The Kier molecular flexibility index (Phi) is 6.67. The van der Waals surface area contributed by atoms with Gasteiger partial charge in [0.2, 0.25) is 5.72 Å². The van der Waals surface area contributed by atoms with Gasteiger partial charge in [0.15, 0.2) is 0 Å². The zero-order valence-electron chi connectivity index (χ0n) is 17.8. The highest BCUT2D eigenvalue weighted by molar-refractivity contribution is 5.85. The molecule has 1 N–H and O–H groups in total. The van der Waals surface area contributed by atoms with Crippen LogP contribution in [0.15, 0.2) is 48.8 Å². The van der Waals surface area contributed by atoms with E-state index < -0.39 is 11.3 Å². The lowest BCUT2D eigenvalue weighted by molar-refractivity contribution is -0.218. The maximum absolute atomic E-state index is 13.7. The molecule has 29 heavy (non-hydrogen) atoms. The molecule has 6 nitrogen and oxygen atoms in total. The van der Waals surface area contributed by atoms with Crippen LogP contribution in [-0.4, -0.2) is 54.2 Å². The van der Waals surface area contributed by atoms with Gasteiger partial charge in [-0.25, -0.2) is 4.79 Å². The van der Waals surface area contributed by atoms with Gasteiger partial charge in [-0.2, -0.15) is 0 Å². The highest BCUT2D eigenvalue weighted by Crippen LogP contribution is 2.39. The second-order valence-electron chi connectivity index (χ2n) is 8.10. The largest absolute Gasteiger partial charge is 0.457 e. The molecule has 2 heterocycles. The van der Waals surface area contributed by atoms with Gasteiger partial charge in [-0.05, 0) is 39.3 Å². The number of aromatic nitrogens is 1. The molecule has 1 fully saturated rings. The molecule has 1 aromatic carbocycles. The van der Waals surface area contributed by atoms with Gasteiger partial charge in [0.05, 0.1) is 0 Å². The molecule has 0 bridgehead atoms. The molecule has 2 aromatic rings. The summed E-state index contributed by atoms with van der Waals surface area (Å²) in [6.45, 7) is 10.9. The van der Waals surface area contributed by atoms with Crippen molar-refractivity contribution in [3.63, 3.8) is 0 Å². The summed E-state index contributed by atoms with van der Waals surface area (Å²) in [4.78, 5) is 20.1. The first-order chi connectivity index (χ1) is 13.9. The number of carbonyl (C=O) groups is 1. The predicted molar refractivity (Wildman–Crippen MR) is 113 cm³/mol. The van der Waals surface area contributed by atoms with Crippen LogP contribution in [-0.2, 0) is 20.0 Å². The van der Waals surface area contributed by atoms with Crippen molar-refractivity contribution >= 4 is 5.97 Å². The van der Waals surface area contributed by atoms with Gasteiger partial charge in [-0.3, -0.25) is 9.88 Å². The van der Waals surface area contributed by atoms with Gasteiger partial charge >= 0.3 is 5.97 Å². The SMILES string of the molecule is CCOC(C(=O)OC(C)(C)C)(c1ccccc1-c1cccnc1)N1CCNCC1. The molecule has 1 saturated heterocycles. The zero-order chi connectivity index (χ0) is 20.9. The van der Waals surface area contributed by atoms with Crippen molar-refractivity contribution in [2.75, 3.05) is 32.8 Å².